The van der Waals surface area contributed by atoms with Gasteiger partial charge in [-0.25, -0.2) is 9.82 Å². The molecular formula is C22H23FIN3O2. The van der Waals surface area contributed by atoms with Crippen LogP contribution in [0.5, 0.6) is 5.75 Å². The summed E-state index contributed by atoms with van der Waals surface area (Å²) in [5, 5.41) is 3.94. The van der Waals surface area contributed by atoms with Crippen molar-refractivity contribution in [1.29, 1.82) is 0 Å². The van der Waals surface area contributed by atoms with Crippen molar-refractivity contribution in [2.75, 3.05) is 19.1 Å². The Morgan fingerprint density at radius 3 is 2.72 bits per heavy atom. The maximum Gasteiger partial charge on any atom is 0.271 e. The molecule has 1 heterocycles. The largest absolute Gasteiger partial charge is 0.496 e. The molecule has 0 saturated heterocycles. The summed E-state index contributed by atoms with van der Waals surface area (Å²) in [6.45, 7) is 6.18. The first kappa shape index (κ1) is 21.3. The molecule has 2 aromatic rings. The molecule has 0 bridgehead atoms. The number of benzene rings is 2. The highest BCUT2D eigenvalue weighted by molar-refractivity contribution is 14.1. The number of carbonyl (C=O) groups is 1. The van der Waals surface area contributed by atoms with Crippen molar-refractivity contribution in [1.82, 2.24) is 5.43 Å². The minimum Gasteiger partial charge on any atom is -0.496 e. The van der Waals surface area contributed by atoms with E-state index in [0.29, 0.717) is 16.9 Å². The zero-order valence-electron chi connectivity index (χ0n) is 17.0. The predicted molar refractivity (Wildman–Crippen MR) is 123 cm³/mol. The molecule has 0 unspecified atom stereocenters. The SMILES string of the molecule is COc1cc(C(=O)N/N=C/c2cc3c(cc2F)N(C)C(C)(C)C=C3C)ccc1I. The molecule has 0 saturated carbocycles. The lowest BCUT2D eigenvalue weighted by molar-refractivity contribution is 0.0954. The number of hydrogen-bond acceptors (Lipinski definition) is 4. The summed E-state index contributed by atoms with van der Waals surface area (Å²) < 4.78 is 20.8. The van der Waals surface area contributed by atoms with Gasteiger partial charge < -0.3 is 9.64 Å². The van der Waals surface area contributed by atoms with Crippen LogP contribution in [-0.4, -0.2) is 31.8 Å². The Labute approximate surface area is 183 Å². The second-order valence-corrected chi connectivity index (χ2v) is 8.64. The van der Waals surface area contributed by atoms with Gasteiger partial charge in [0.25, 0.3) is 5.91 Å². The summed E-state index contributed by atoms with van der Waals surface area (Å²) in [6, 6.07) is 8.37. The summed E-state index contributed by atoms with van der Waals surface area (Å²) in [7, 11) is 3.50. The van der Waals surface area contributed by atoms with Crippen molar-refractivity contribution in [2.45, 2.75) is 26.3 Å². The van der Waals surface area contributed by atoms with E-state index in [9.17, 15) is 9.18 Å². The van der Waals surface area contributed by atoms with Gasteiger partial charge in [0.1, 0.15) is 11.6 Å². The monoisotopic (exact) mass is 507 g/mol. The van der Waals surface area contributed by atoms with Crippen LogP contribution in [0.3, 0.4) is 0 Å². The number of nitrogens with one attached hydrogen (secondary N) is 1. The molecule has 0 radical (unpaired) electrons. The van der Waals surface area contributed by atoms with Gasteiger partial charge >= 0.3 is 0 Å². The van der Waals surface area contributed by atoms with E-state index in [1.54, 1.807) is 31.4 Å². The van der Waals surface area contributed by atoms with Crippen LogP contribution in [0.2, 0.25) is 0 Å². The van der Waals surface area contributed by atoms with E-state index in [0.717, 1.165) is 20.4 Å². The van der Waals surface area contributed by atoms with Crippen molar-refractivity contribution < 1.29 is 13.9 Å². The van der Waals surface area contributed by atoms with Crippen LogP contribution in [0, 0.1) is 9.39 Å². The van der Waals surface area contributed by atoms with Crippen LogP contribution in [0.25, 0.3) is 5.57 Å². The number of methoxy groups -OCH3 is 1. The average Bonchev–Trinajstić information content (AvgIpc) is 2.67. The number of anilines is 1. The molecule has 7 heteroatoms. The number of carbonyl (C=O) groups excluding carboxylic acids is 1. The molecule has 0 spiro atoms. The fourth-order valence-corrected chi connectivity index (χ4v) is 3.87. The zero-order valence-corrected chi connectivity index (χ0v) is 19.2. The number of likely N-dealkylation sites (N-methyl/N-ethyl adjacent to an activating group) is 1. The molecule has 1 amide bonds. The fourth-order valence-electron chi connectivity index (χ4n) is 3.31. The number of allylic oxidation sites excluding steroid dienone is 1. The third kappa shape index (κ3) is 4.29. The van der Waals surface area contributed by atoms with Gasteiger partial charge in [0.05, 0.1) is 22.4 Å². The molecule has 5 nitrogen and oxygen atoms in total. The highest BCUT2D eigenvalue weighted by Crippen LogP contribution is 2.38. The number of nitrogens with zero attached hydrogens (tertiary/aromatic N) is 2. The summed E-state index contributed by atoms with van der Waals surface area (Å²) in [4.78, 5) is 14.4. The number of hydrogen-bond donors (Lipinski definition) is 1. The molecule has 0 aliphatic carbocycles. The number of amides is 1. The van der Waals surface area contributed by atoms with Crippen LogP contribution in [-0.2, 0) is 0 Å². The van der Waals surface area contributed by atoms with Gasteiger partial charge in [-0.15, -0.1) is 0 Å². The third-order valence-electron chi connectivity index (χ3n) is 5.12. The lowest BCUT2D eigenvalue weighted by atomic mass is 9.88. The summed E-state index contributed by atoms with van der Waals surface area (Å²) in [6.07, 6.45) is 3.48. The first-order valence-electron chi connectivity index (χ1n) is 9.08. The van der Waals surface area contributed by atoms with Crippen molar-refractivity contribution >= 4 is 46.0 Å². The van der Waals surface area contributed by atoms with Gasteiger partial charge in [-0.2, -0.15) is 5.10 Å². The number of rotatable bonds is 4. The minimum atomic E-state index is -0.396. The van der Waals surface area contributed by atoms with Gasteiger partial charge in [-0.1, -0.05) is 6.08 Å². The van der Waals surface area contributed by atoms with Gasteiger partial charge in [-0.05, 0) is 79.3 Å². The average molecular weight is 507 g/mol. The van der Waals surface area contributed by atoms with Gasteiger partial charge in [0.15, 0.2) is 0 Å². The van der Waals surface area contributed by atoms with E-state index in [4.69, 9.17) is 4.74 Å². The Morgan fingerprint density at radius 2 is 2.03 bits per heavy atom. The molecule has 0 aromatic heterocycles. The van der Waals surface area contributed by atoms with Crippen molar-refractivity contribution in [3.8, 4) is 5.75 Å². The lowest BCUT2D eigenvalue weighted by Crippen LogP contribution is -2.42. The summed E-state index contributed by atoms with van der Waals surface area (Å²) in [5.74, 6) is -0.181. The quantitative estimate of drug-likeness (QED) is 0.367. The molecule has 3 rings (SSSR count). The molecule has 2 aromatic carbocycles. The number of halogens is 2. The van der Waals surface area contributed by atoms with Gasteiger partial charge in [0, 0.05) is 29.4 Å². The Balaban J connectivity index is 1.82. The highest BCUT2D eigenvalue weighted by atomic mass is 127. The minimum absolute atomic E-state index is 0.193. The summed E-state index contributed by atoms with van der Waals surface area (Å²) >= 11 is 2.13. The topological polar surface area (TPSA) is 53.9 Å². The Kier molecular flexibility index (Phi) is 5.97. The zero-order chi connectivity index (χ0) is 21.3. The normalized spacial score (nSPS) is 15.1. The molecule has 0 fully saturated rings. The molecule has 29 heavy (non-hydrogen) atoms. The molecule has 1 aliphatic rings. The van der Waals surface area contributed by atoms with Crippen molar-refractivity contribution in [3.63, 3.8) is 0 Å². The van der Waals surface area contributed by atoms with E-state index in [1.807, 2.05) is 18.9 Å². The Morgan fingerprint density at radius 1 is 1.31 bits per heavy atom. The van der Waals surface area contributed by atoms with Crippen LogP contribution < -0.4 is 15.1 Å². The van der Waals surface area contributed by atoms with Crippen LogP contribution >= 0.6 is 22.6 Å². The number of ether oxygens (including phenoxy) is 1. The Hall–Kier alpha value is -2.42. The Bertz CT molecular complexity index is 1030. The van der Waals surface area contributed by atoms with E-state index in [2.05, 4.69) is 53.0 Å². The third-order valence-corrected chi connectivity index (χ3v) is 6.01. The molecule has 1 aliphatic heterocycles. The predicted octanol–water partition coefficient (Wildman–Crippen LogP) is 4.83. The van der Waals surface area contributed by atoms with E-state index in [1.165, 1.54) is 12.3 Å². The highest BCUT2D eigenvalue weighted by Gasteiger charge is 2.29. The number of hydrazone groups is 1. The first-order valence-corrected chi connectivity index (χ1v) is 10.2. The molecule has 0 atom stereocenters. The molecule has 1 N–H and O–H groups in total. The standard InChI is InChI=1S/C22H23FIN3O2/c1-13-11-22(2,3)27(4)19-10-17(23)15(8-16(13)19)12-25-26-21(28)14-6-7-18(24)20(9-14)29-5/h6-12H,1-5H3,(H,26,28)/b25-12+. The fraction of sp³-hybridized carbons (Fsp3) is 0.273. The first-order chi connectivity index (χ1) is 13.6. The van der Waals surface area contributed by atoms with Crippen LogP contribution in [0.15, 0.2) is 41.5 Å². The maximum absolute atomic E-state index is 14.7. The van der Waals surface area contributed by atoms with Crippen LogP contribution in [0.4, 0.5) is 10.1 Å². The number of fused-ring (bicyclic) bond motifs is 1. The second kappa shape index (κ2) is 8.14. The smallest absolute Gasteiger partial charge is 0.271 e. The second-order valence-electron chi connectivity index (χ2n) is 7.48. The van der Waals surface area contributed by atoms with E-state index in [-0.39, 0.29) is 5.54 Å². The maximum atomic E-state index is 14.7. The lowest BCUT2D eigenvalue weighted by Gasteiger charge is -2.40. The molecule has 152 valence electrons. The van der Waals surface area contributed by atoms with Gasteiger partial charge in [-0.3, -0.25) is 4.79 Å². The van der Waals surface area contributed by atoms with Gasteiger partial charge in [0.2, 0.25) is 0 Å². The molecular weight excluding hydrogens is 484 g/mol. The van der Waals surface area contributed by atoms with Crippen molar-refractivity contribution in [3.05, 3.63) is 62.5 Å². The van der Waals surface area contributed by atoms with E-state index < -0.39 is 11.7 Å². The summed E-state index contributed by atoms with van der Waals surface area (Å²) in [5.41, 5.74) is 5.82. The van der Waals surface area contributed by atoms with Crippen LogP contribution in [0.1, 0.15) is 42.3 Å². The van der Waals surface area contributed by atoms with Crippen molar-refractivity contribution in [2.24, 2.45) is 5.10 Å². The van der Waals surface area contributed by atoms with E-state index >= 15 is 0 Å².